The minimum absolute atomic E-state index is 0.170. The number of esters is 1. The Morgan fingerprint density at radius 3 is 2.10 bits per heavy atom. The van der Waals surface area contributed by atoms with Crippen LogP contribution in [-0.2, 0) is 14.3 Å². The van der Waals surface area contributed by atoms with Crippen molar-refractivity contribution in [3.8, 4) is 0 Å². The van der Waals surface area contributed by atoms with Crippen molar-refractivity contribution in [2.45, 2.75) is 46.8 Å². The van der Waals surface area contributed by atoms with E-state index in [0.717, 1.165) is 17.2 Å². The predicted octanol–water partition coefficient (Wildman–Crippen LogP) is 3.77. The molecular weight excluding hydrogens is 387 g/mol. The highest BCUT2D eigenvalue weighted by atomic mass is 19.1. The molecule has 0 saturated heterocycles. The minimum Gasteiger partial charge on any atom is -0.451 e. The molecule has 2 aromatic carbocycles. The number of halogens is 1. The molecule has 0 fully saturated rings. The molecule has 0 aromatic heterocycles. The van der Waals surface area contributed by atoms with Crippen LogP contribution in [0.1, 0.15) is 42.3 Å². The number of benzene rings is 2. The summed E-state index contributed by atoms with van der Waals surface area (Å²) < 4.78 is 19.1. The summed E-state index contributed by atoms with van der Waals surface area (Å²) in [4.78, 5) is 37.5. The number of carbonyl (C=O) groups excluding carboxylic acids is 3. The maximum Gasteiger partial charge on any atom is 0.329 e. The lowest BCUT2D eigenvalue weighted by Gasteiger charge is -2.23. The molecule has 2 rings (SSSR count). The van der Waals surface area contributed by atoms with Crippen LogP contribution in [-0.4, -0.2) is 29.9 Å². The first-order chi connectivity index (χ1) is 14.1. The second kappa shape index (κ2) is 10.0. The molecule has 2 aromatic rings. The first-order valence-corrected chi connectivity index (χ1v) is 9.74. The summed E-state index contributed by atoms with van der Waals surface area (Å²) in [5.41, 5.74) is 2.27. The van der Waals surface area contributed by atoms with Gasteiger partial charge in [0.05, 0.1) is 5.56 Å². The number of hydrogen-bond donors (Lipinski definition) is 2. The fourth-order valence-electron chi connectivity index (χ4n) is 2.90. The van der Waals surface area contributed by atoms with Gasteiger partial charge in [-0.2, -0.15) is 0 Å². The van der Waals surface area contributed by atoms with Crippen LogP contribution in [0.5, 0.6) is 0 Å². The molecule has 0 heterocycles. The monoisotopic (exact) mass is 414 g/mol. The average molecular weight is 414 g/mol. The summed E-state index contributed by atoms with van der Waals surface area (Å²) in [6.07, 6.45) is -1.08. The number of ether oxygens (including phenoxy) is 1. The maximum atomic E-state index is 13.9. The van der Waals surface area contributed by atoms with Crippen LogP contribution in [0.15, 0.2) is 42.5 Å². The molecule has 0 aliphatic heterocycles. The molecule has 7 heteroatoms. The van der Waals surface area contributed by atoms with E-state index >= 15 is 0 Å². The Kier molecular flexibility index (Phi) is 7.69. The highest BCUT2D eigenvalue weighted by Crippen LogP contribution is 2.20. The molecule has 2 amide bonds. The molecule has 0 spiro atoms. The summed E-state index contributed by atoms with van der Waals surface area (Å²) in [6.45, 7) is 8.62. The molecule has 0 saturated carbocycles. The smallest absolute Gasteiger partial charge is 0.329 e. The van der Waals surface area contributed by atoms with Gasteiger partial charge in [-0.05, 0) is 49.9 Å². The number of carbonyl (C=O) groups is 3. The van der Waals surface area contributed by atoms with E-state index in [-0.39, 0.29) is 11.5 Å². The zero-order chi connectivity index (χ0) is 22.4. The van der Waals surface area contributed by atoms with Gasteiger partial charge in [-0.25, -0.2) is 9.18 Å². The van der Waals surface area contributed by atoms with Gasteiger partial charge in [-0.15, -0.1) is 0 Å². The number of anilines is 1. The molecule has 2 N–H and O–H groups in total. The molecule has 0 radical (unpaired) electrons. The van der Waals surface area contributed by atoms with Crippen LogP contribution in [0.3, 0.4) is 0 Å². The molecule has 160 valence electrons. The molecule has 30 heavy (non-hydrogen) atoms. The second-order valence-electron chi connectivity index (χ2n) is 7.51. The Morgan fingerprint density at radius 1 is 0.933 bits per heavy atom. The van der Waals surface area contributed by atoms with Crippen molar-refractivity contribution < 1.29 is 23.5 Å². The first-order valence-electron chi connectivity index (χ1n) is 9.74. The van der Waals surface area contributed by atoms with E-state index in [1.165, 1.54) is 25.1 Å². The van der Waals surface area contributed by atoms with Crippen LogP contribution in [0, 0.1) is 25.6 Å². The second-order valence-corrected chi connectivity index (χ2v) is 7.51. The van der Waals surface area contributed by atoms with Crippen LogP contribution < -0.4 is 10.6 Å². The Morgan fingerprint density at radius 2 is 1.53 bits per heavy atom. The van der Waals surface area contributed by atoms with E-state index in [1.54, 1.807) is 13.8 Å². The summed E-state index contributed by atoms with van der Waals surface area (Å²) >= 11 is 0. The number of aryl methyl sites for hydroxylation is 2. The van der Waals surface area contributed by atoms with Gasteiger partial charge in [0.1, 0.15) is 11.9 Å². The van der Waals surface area contributed by atoms with Gasteiger partial charge < -0.3 is 15.4 Å². The Bertz CT molecular complexity index is 922. The van der Waals surface area contributed by atoms with Crippen molar-refractivity contribution in [2.24, 2.45) is 5.92 Å². The van der Waals surface area contributed by atoms with E-state index in [4.69, 9.17) is 4.74 Å². The van der Waals surface area contributed by atoms with Crippen LogP contribution >= 0.6 is 0 Å². The topological polar surface area (TPSA) is 84.5 Å². The van der Waals surface area contributed by atoms with Crippen molar-refractivity contribution in [1.29, 1.82) is 0 Å². The van der Waals surface area contributed by atoms with Gasteiger partial charge in [0.2, 0.25) is 0 Å². The third-order valence-electron chi connectivity index (χ3n) is 4.72. The summed E-state index contributed by atoms with van der Waals surface area (Å²) in [6, 6.07) is 10.1. The first kappa shape index (κ1) is 23.1. The summed E-state index contributed by atoms with van der Waals surface area (Å²) in [5, 5.41) is 5.27. The number of para-hydroxylation sites is 1. The highest BCUT2D eigenvalue weighted by molar-refractivity contribution is 5.98. The van der Waals surface area contributed by atoms with E-state index in [2.05, 4.69) is 10.6 Å². The van der Waals surface area contributed by atoms with Gasteiger partial charge >= 0.3 is 5.97 Å². The van der Waals surface area contributed by atoms with Crippen LogP contribution in [0.25, 0.3) is 0 Å². The SMILES string of the molecule is Cc1cccc(C)c1NC(=O)[C@H](C)OC(=O)[C@@H](NC(=O)c1ccccc1F)C(C)C. The summed E-state index contributed by atoms with van der Waals surface area (Å²) in [7, 11) is 0. The van der Waals surface area contributed by atoms with E-state index in [1.807, 2.05) is 32.0 Å². The van der Waals surface area contributed by atoms with Crippen molar-refractivity contribution in [3.05, 3.63) is 65.0 Å². The number of hydrogen-bond acceptors (Lipinski definition) is 4. The zero-order valence-electron chi connectivity index (χ0n) is 17.8. The van der Waals surface area contributed by atoms with Crippen LogP contribution in [0.2, 0.25) is 0 Å². The third-order valence-corrected chi connectivity index (χ3v) is 4.72. The predicted molar refractivity (Wildman–Crippen MR) is 113 cm³/mol. The van der Waals surface area contributed by atoms with Gasteiger partial charge in [0.15, 0.2) is 6.10 Å². The van der Waals surface area contributed by atoms with Gasteiger partial charge in [-0.1, -0.05) is 44.2 Å². The average Bonchev–Trinajstić information content (AvgIpc) is 2.68. The lowest BCUT2D eigenvalue weighted by molar-refractivity contribution is -0.156. The quantitative estimate of drug-likeness (QED) is 0.676. The lowest BCUT2D eigenvalue weighted by atomic mass is 10.0. The van der Waals surface area contributed by atoms with E-state index < -0.39 is 35.7 Å². The highest BCUT2D eigenvalue weighted by Gasteiger charge is 2.30. The Hall–Kier alpha value is -3.22. The lowest BCUT2D eigenvalue weighted by Crippen LogP contribution is -2.47. The normalized spacial score (nSPS) is 12.8. The molecule has 0 bridgehead atoms. The Balaban J connectivity index is 2.06. The molecule has 0 aliphatic rings. The van der Waals surface area contributed by atoms with Gasteiger partial charge in [0, 0.05) is 5.69 Å². The van der Waals surface area contributed by atoms with Crippen molar-refractivity contribution >= 4 is 23.5 Å². The fraction of sp³-hybridized carbons (Fsp3) is 0.348. The summed E-state index contributed by atoms with van der Waals surface area (Å²) in [5.74, 6) is -2.99. The minimum atomic E-state index is -1.08. The Labute approximate surface area is 175 Å². The molecule has 0 unspecified atom stereocenters. The van der Waals surface area contributed by atoms with Crippen LogP contribution in [0.4, 0.5) is 10.1 Å². The van der Waals surface area contributed by atoms with E-state index in [0.29, 0.717) is 5.69 Å². The number of rotatable bonds is 7. The van der Waals surface area contributed by atoms with Gasteiger partial charge in [0.25, 0.3) is 11.8 Å². The molecule has 6 nitrogen and oxygen atoms in total. The van der Waals surface area contributed by atoms with Crippen molar-refractivity contribution in [2.75, 3.05) is 5.32 Å². The molecular formula is C23H27FN2O4. The third kappa shape index (κ3) is 5.65. The molecule has 2 atom stereocenters. The number of nitrogens with one attached hydrogen (secondary N) is 2. The molecule has 0 aliphatic carbocycles. The van der Waals surface area contributed by atoms with Crippen molar-refractivity contribution in [3.63, 3.8) is 0 Å². The fourth-order valence-corrected chi connectivity index (χ4v) is 2.90. The number of amides is 2. The van der Waals surface area contributed by atoms with Gasteiger partial charge in [-0.3, -0.25) is 9.59 Å². The van der Waals surface area contributed by atoms with Crippen molar-refractivity contribution in [1.82, 2.24) is 5.32 Å². The van der Waals surface area contributed by atoms with E-state index in [9.17, 15) is 18.8 Å². The largest absolute Gasteiger partial charge is 0.451 e. The zero-order valence-corrected chi connectivity index (χ0v) is 17.8. The standard InChI is InChI=1S/C23H27FN2O4/c1-13(2)19(25-22(28)17-11-6-7-12-18(17)24)23(29)30-16(5)21(27)26-20-14(3)9-8-10-15(20)4/h6-13,16,19H,1-5H3,(H,25,28)(H,26,27)/t16-,19-/m0/s1. The maximum absolute atomic E-state index is 13.9.